The molecule has 0 bridgehead atoms. The lowest BCUT2D eigenvalue weighted by atomic mass is 10.1. The first-order chi connectivity index (χ1) is 6.89. The van der Waals surface area contributed by atoms with Crippen molar-refractivity contribution in [3.05, 3.63) is 29.8 Å². The summed E-state index contributed by atoms with van der Waals surface area (Å²) in [5.41, 5.74) is 6.30. The average molecular weight is 221 g/mol. The summed E-state index contributed by atoms with van der Waals surface area (Å²) in [5, 5.41) is 1.45. The summed E-state index contributed by atoms with van der Waals surface area (Å²) in [5.74, 6) is -0.232. The number of amides is 1. The maximum atomic E-state index is 10.6. The van der Waals surface area contributed by atoms with Crippen molar-refractivity contribution in [2.45, 2.75) is 32.5 Å². The van der Waals surface area contributed by atoms with Crippen molar-refractivity contribution in [1.29, 1.82) is 0 Å². The molecule has 2 N–H and O–H groups in total. The minimum atomic E-state index is -1.19. The molecule has 15 heavy (non-hydrogen) atoms. The van der Waals surface area contributed by atoms with E-state index in [2.05, 4.69) is 43.9 Å². The Kier molecular flexibility index (Phi) is 3.69. The summed E-state index contributed by atoms with van der Waals surface area (Å²) in [6.45, 7) is 6.97. The van der Waals surface area contributed by atoms with Gasteiger partial charge in [-0.3, -0.25) is 4.79 Å². The molecule has 1 aromatic rings. The average Bonchev–Trinajstić information content (AvgIpc) is 2.14. The standard InChI is InChI=1S/C12H19NOSi/c1-15(2,3)11-7-4-10(5-8-11)6-9-12(13)14/h4-5,7-8H,6,9H2,1-3H3,(H2,13,14). The highest BCUT2D eigenvalue weighted by Gasteiger charge is 2.15. The van der Waals surface area contributed by atoms with Crippen molar-refractivity contribution < 1.29 is 4.79 Å². The number of hydrogen-bond donors (Lipinski definition) is 1. The molecule has 0 heterocycles. The van der Waals surface area contributed by atoms with Crippen LogP contribution in [-0.2, 0) is 11.2 Å². The molecule has 0 spiro atoms. The first-order valence-electron chi connectivity index (χ1n) is 5.27. The van der Waals surface area contributed by atoms with E-state index in [1.807, 2.05) is 0 Å². The van der Waals surface area contributed by atoms with Crippen LogP contribution in [0.15, 0.2) is 24.3 Å². The Labute approximate surface area is 92.5 Å². The molecule has 82 valence electrons. The minimum absolute atomic E-state index is 0.232. The lowest BCUT2D eigenvalue weighted by Gasteiger charge is -2.16. The number of carbonyl (C=O) groups is 1. The second-order valence-electron chi connectivity index (χ2n) is 4.91. The van der Waals surface area contributed by atoms with E-state index in [0.717, 1.165) is 6.42 Å². The summed E-state index contributed by atoms with van der Waals surface area (Å²) in [6, 6.07) is 8.58. The molecule has 1 aromatic carbocycles. The topological polar surface area (TPSA) is 43.1 Å². The predicted molar refractivity (Wildman–Crippen MR) is 66.9 cm³/mol. The maximum Gasteiger partial charge on any atom is 0.217 e. The molecule has 0 saturated carbocycles. The molecule has 0 aliphatic rings. The van der Waals surface area contributed by atoms with E-state index >= 15 is 0 Å². The van der Waals surface area contributed by atoms with Gasteiger partial charge in [0, 0.05) is 6.42 Å². The normalized spacial score (nSPS) is 11.4. The zero-order valence-corrected chi connectivity index (χ0v) is 10.7. The van der Waals surface area contributed by atoms with Gasteiger partial charge < -0.3 is 5.73 Å². The second-order valence-corrected chi connectivity index (χ2v) is 9.99. The Bertz CT molecular complexity index is 338. The minimum Gasteiger partial charge on any atom is -0.370 e. The van der Waals surface area contributed by atoms with Gasteiger partial charge in [0.15, 0.2) is 0 Å². The molecule has 0 aromatic heterocycles. The van der Waals surface area contributed by atoms with Gasteiger partial charge in [-0.1, -0.05) is 49.1 Å². The third kappa shape index (κ3) is 3.87. The monoisotopic (exact) mass is 221 g/mol. The SMILES string of the molecule is C[Si](C)(C)c1ccc(CCC(N)=O)cc1. The molecule has 0 fully saturated rings. The Hall–Kier alpha value is -1.09. The highest BCUT2D eigenvalue weighted by molar-refractivity contribution is 6.88. The zero-order valence-electron chi connectivity index (χ0n) is 9.71. The van der Waals surface area contributed by atoms with Gasteiger partial charge in [-0.25, -0.2) is 0 Å². The largest absolute Gasteiger partial charge is 0.370 e. The number of nitrogens with two attached hydrogens (primary N) is 1. The summed E-state index contributed by atoms with van der Waals surface area (Å²) in [6.07, 6.45) is 1.19. The molecule has 0 aliphatic carbocycles. The highest BCUT2D eigenvalue weighted by Crippen LogP contribution is 2.06. The van der Waals surface area contributed by atoms with Crippen LogP contribution in [0.2, 0.25) is 19.6 Å². The quantitative estimate of drug-likeness (QED) is 0.772. The molecule has 0 atom stereocenters. The number of carbonyl (C=O) groups excluding carboxylic acids is 1. The van der Waals surface area contributed by atoms with Crippen molar-refractivity contribution in [3.8, 4) is 0 Å². The number of aryl methyl sites for hydroxylation is 1. The molecular weight excluding hydrogens is 202 g/mol. The van der Waals surface area contributed by atoms with Gasteiger partial charge >= 0.3 is 0 Å². The van der Waals surface area contributed by atoms with Crippen molar-refractivity contribution in [2.75, 3.05) is 0 Å². The summed E-state index contributed by atoms with van der Waals surface area (Å²) in [7, 11) is -1.19. The van der Waals surface area contributed by atoms with Gasteiger partial charge in [0.25, 0.3) is 0 Å². The number of rotatable bonds is 4. The van der Waals surface area contributed by atoms with Gasteiger partial charge in [0.2, 0.25) is 5.91 Å². The van der Waals surface area contributed by atoms with Crippen LogP contribution in [0.4, 0.5) is 0 Å². The predicted octanol–water partition coefficient (Wildman–Crippen LogP) is 1.65. The number of hydrogen-bond acceptors (Lipinski definition) is 1. The molecule has 1 amide bonds. The van der Waals surface area contributed by atoms with Crippen LogP contribution in [0.3, 0.4) is 0 Å². The fourth-order valence-corrected chi connectivity index (χ4v) is 2.61. The molecule has 3 heteroatoms. The van der Waals surface area contributed by atoms with Crippen LogP contribution in [0.5, 0.6) is 0 Å². The fourth-order valence-electron chi connectivity index (χ4n) is 1.44. The number of benzene rings is 1. The van der Waals surface area contributed by atoms with Gasteiger partial charge in [0.05, 0.1) is 8.07 Å². The molecule has 2 nitrogen and oxygen atoms in total. The number of primary amides is 1. The van der Waals surface area contributed by atoms with E-state index in [4.69, 9.17) is 5.73 Å². The molecule has 0 unspecified atom stereocenters. The van der Waals surface area contributed by atoms with Crippen molar-refractivity contribution in [3.63, 3.8) is 0 Å². The third-order valence-electron chi connectivity index (χ3n) is 2.48. The third-order valence-corrected chi connectivity index (χ3v) is 4.55. The Morgan fingerprint density at radius 3 is 2.13 bits per heavy atom. The Morgan fingerprint density at radius 2 is 1.73 bits per heavy atom. The van der Waals surface area contributed by atoms with E-state index in [1.54, 1.807) is 0 Å². The molecule has 0 radical (unpaired) electrons. The van der Waals surface area contributed by atoms with Crippen molar-refractivity contribution >= 4 is 19.2 Å². The fraction of sp³-hybridized carbons (Fsp3) is 0.417. The highest BCUT2D eigenvalue weighted by atomic mass is 28.3. The first-order valence-corrected chi connectivity index (χ1v) is 8.77. The van der Waals surface area contributed by atoms with E-state index in [-0.39, 0.29) is 5.91 Å². The van der Waals surface area contributed by atoms with Gasteiger partial charge in [0.1, 0.15) is 0 Å². The summed E-state index contributed by atoms with van der Waals surface area (Å²) < 4.78 is 0. The van der Waals surface area contributed by atoms with Crippen LogP contribution < -0.4 is 10.9 Å². The van der Waals surface area contributed by atoms with Crippen LogP contribution in [0.25, 0.3) is 0 Å². The Balaban J connectivity index is 2.69. The smallest absolute Gasteiger partial charge is 0.217 e. The summed E-state index contributed by atoms with van der Waals surface area (Å²) in [4.78, 5) is 10.6. The molecule has 1 rings (SSSR count). The lowest BCUT2D eigenvalue weighted by molar-refractivity contribution is -0.117. The molecule has 0 aliphatic heterocycles. The van der Waals surface area contributed by atoms with Gasteiger partial charge in [-0.15, -0.1) is 0 Å². The lowest BCUT2D eigenvalue weighted by Crippen LogP contribution is -2.37. The summed E-state index contributed by atoms with van der Waals surface area (Å²) >= 11 is 0. The van der Waals surface area contributed by atoms with E-state index in [0.29, 0.717) is 6.42 Å². The van der Waals surface area contributed by atoms with Gasteiger partial charge in [-0.05, 0) is 12.0 Å². The van der Waals surface area contributed by atoms with Crippen LogP contribution in [-0.4, -0.2) is 14.0 Å². The molecule has 0 saturated heterocycles. The first kappa shape index (κ1) is 12.0. The van der Waals surface area contributed by atoms with Gasteiger partial charge in [-0.2, -0.15) is 0 Å². The van der Waals surface area contributed by atoms with Crippen LogP contribution >= 0.6 is 0 Å². The van der Waals surface area contributed by atoms with E-state index in [9.17, 15) is 4.79 Å². The second kappa shape index (κ2) is 4.62. The zero-order chi connectivity index (χ0) is 11.5. The van der Waals surface area contributed by atoms with Crippen molar-refractivity contribution in [2.24, 2.45) is 5.73 Å². The maximum absolute atomic E-state index is 10.6. The van der Waals surface area contributed by atoms with Crippen LogP contribution in [0.1, 0.15) is 12.0 Å². The van der Waals surface area contributed by atoms with Crippen LogP contribution in [0, 0.1) is 0 Å². The molecular formula is C12H19NOSi. The Morgan fingerprint density at radius 1 is 1.20 bits per heavy atom. The van der Waals surface area contributed by atoms with Crippen molar-refractivity contribution in [1.82, 2.24) is 0 Å². The van der Waals surface area contributed by atoms with E-state index in [1.165, 1.54) is 10.8 Å². The van der Waals surface area contributed by atoms with E-state index < -0.39 is 8.07 Å².